The third-order valence-corrected chi connectivity index (χ3v) is 2.37. The fourth-order valence-electron chi connectivity index (χ4n) is 1.48. The summed E-state index contributed by atoms with van der Waals surface area (Å²) in [6, 6.07) is 7.67. The van der Waals surface area contributed by atoms with Crippen molar-refractivity contribution in [2.24, 2.45) is 5.73 Å². The van der Waals surface area contributed by atoms with Gasteiger partial charge in [0.05, 0.1) is 0 Å². The van der Waals surface area contributed by atoms with Crippen LogP contribution in [0.3, 0.4) is 0 Å². The summed E-state index contributed by atoms with van der Waals surface area (Å²) in [5, 5.41) is 2.73. The summed E-state index contributed by atoms with van der Waals surface area (Å²) in [5.74, 6) is 0.610. The third kappa shape index (κ3) is 4.44. The Morgan fingerprint density at radius 3 is 2.88 bits per heavy atom. The number of carbonyl (C=O) groups is 1. The zero-order chi connectivity index (χ0) is 12.7. The zero-order valence-electron chi connectivity index (χ0n) is 10.4. The molecule has 0 saturated heterocycles. The number of nitrogens with two attached hydrogens (primary N) is 1. The van der Waals surface area contributed by atoms with Gasteiger partial charge in [0, 0.05) is 13.1 Å². The molecule has 17 heavy (non-hydrogen) atoms. The standard InChI is InChI=1S/C13H20N2O2/c1-3-12(13(16)15-8-7-14)17-11-6-4-5-10(2)9-11/h4-6,9,12H,3,7-8,14H2,1-2H3,(H,15,16). The van der Waals surface area contributed by atoms with Gasteiger partial charge in [0.1, 0.15) is 5.75 Å². The minimum atomic E-state index is -0.455. The Morgan fingerprint density at radius 1 is 1.53 bits per heavy atom. The van der Waals surface area contributed by atoms with Crippen LogP contribution in [0.4, 0.5) is 0 Å². The van der Waals surface area contributed by atoms with E-state index in [-0.39, 0.29) is 5.91 Å². The first-order chi connectivity index (χ1) is 8.17. The molecular formula is C13H20N2O2. The lowest BCUT2D eigenvalue weighted by molar-refractivity contribution is -0.128. The van der Waals surface area contributed by atoms with Crippen LogP contribution in [0.2, 0.25) is 0 Å². The number of benzene rings is 1. The summed E-state index contributed by atoms with van der Waals surface area (Å²) in [5.41, 5.74) is 6.45. The molecule has 0 heterocycles. The molecule has 0 fully saturated rings. The smallest absolute Gasteiger partial charge is 0.261 e. The van der Waals surface area contributed by atoms with Gasteiger partial charge in [-0.05, 0) is 31.0 Å². The first-order valence-electron chi connectivity index (χ1n) is 5.88. The Labute approximate surface area is 102 Å². The van der Waals surface area contributed by atoms with E-state index in [1.54, 1.807) is 0 Å². The van der Waals surface area contributed by atoms with Crippen LogP contribution in [0.5, 0.6) is 5.75 Å². The fourth-order valence-corrected chi connectivity index (χ4v) is 1.48. The molecule has 94 valence electrons. The normalized spacial score (nSPS) is 11.9. The summed E-state index contributed by atoms with van der Waals surface area (Å²) in [4.78, 5) is 11.7. The van der Waals surface area contributed by atoms with Gasteiger partial charge in [0.2, 0.25) is 0 Å². The number of amides is 1. The molecule has 1 rings (SSSR count). The summed E-state index contributed by atoms with van der Waals surface area (Å²) >= 11 is 0. The van der Waals surface area contributed by atoms with Crippen molar-refractivity contribution in [1.29, 1.82) is 0 Å². The van der Waals surface area contributed by atoms with E-state index in [2.05, 4.69) is 5.32 Å². The average Bonchev–Trinajstić information content (AvgIpc) is 2.33. The number of rotatable bonds is 6. The van der Waals surface area contributed by atoms with E-state index >= 15 is 0 Å². The predicted octanol–water partition coefficient (Wildman–Crippen LogP) is 1.23. The second-order valence-electron chi connectivity index (χ2n) is 3.91. The molecule has 1 aromatic carbocycles. The molecule has 0 aliphatic rings. The molecule has 0 aliphatic carbocycles. The summed E-state index contributed by atoms with van der Waals surface area (Å²) < 4.78 is 5.65. The van der Waals surface area contributed by atoms with E-state index in [1.165, 1.54) is 0 Å². The Balaban J connectivity index is 2.60. The average molecular weight is 236 g/mol. The molecule has 1 atom stereocenters. The Bertz CT molecular complexity index is 366. The van der Waals surface area contributed by atoms with E-state index in [9.17, 15) is 4.79 Å². The maximum Gasteiger partial charge on any atom is 0.261 e. The molecule has 0 aliphatic heterocycles. The van der Waals surface area contributed by atoms with Crippen LogP contribution in [0.1, 0.15) is 18.9 Å². The van der Waals surface area contributed by atoms with E-state index in [0.717, 1.165) is 11.3 Å². The summed E-state index contributed by atoms with van der Waals surface area (Å²) in [6.45, 7) is 4.82. The van der Waals surface area contributed by atoms with Crippen LogP contribution in [0.15, 0.2) is 24.3 Å². The molecule has 0 bridgehead atoms. The van der Waals surface area contributed by atoms with Gasteiger partial charge in [-0.1, -0.05) is 19.1 Å². The van der Waals surface area contributed by atoms with Crippen molar-refractivity contribution in [2.75, 3.05) is 13.1 Å². The second kappa shape index (κ2) is 6.91. The minimum absolute atomic E-state index is 0.112. The van der Waals surface area contributed by atoms with Gasteiger partial charge >= 0.3 is 0 Å². The van der Waals surface area contributed by atoms with Crippen molar-refractivity contribution in [3.05, 3.63) is 29.8 Å². The number of hydrogen-bond donors (Lipinski definition) is 2. The van der Waals surface area contributed by atoms with Crippen molar-refractivity contribution < 1.29 is 9.53 Å². The van der Waals surface area contributed by atoms with Crippen LogP contribution in [-0.4, -0.2) is 25.1 Å². The molecule has 0 spiro atoms. The number of hydrogen-bond acceptors (Lipinski definition) is 3. The van der Waals surface area contributed by atoms with Gasteiger partial charge in [-0.2, -0.15) is 0 Å². The van der Waals surface area contributed by atoms with Crippen LogP contribution in [-0.2, 0) is 4.79 Å². The SMILES string of the molecule is CCC(Oc1cccc(C)c1)C(=O)NCCN. The maximum atomic E-state index is 11.7. The molecule has 1 unspecified atom stereocenters. The first kappa shape index (κ1) is 13.5. The summed E-state index contributed by atoms with van der Waals surface area (Å²) in [6.07, 6.45) is 0.174. The van der Waals surface area contributed by atoms with Crippen LogP contribution in [0.25, 0.3) is 0 Å². The fraction of sp³-hybridized carbons (Fsp3) is 0.462. The van der Waals surface area contributed by atoms with Crippen molar-refractivity contribution >= 4 is 5.91 Å². The van der Waals surface area contributed by atoms with E-state index < -0.39 is 6.10 Å². The van der Waals surface area contributed by atoms with Gasteiger partial charge in [-0.25, -0.2) is 0 Å². The largest absolute Gasteiger partial charge is 0.481 e. The molecule has 1 amide bonds. The van der Waals surface area contributed by atoms with Crippen molar-refractivity contribution in [1.82, 2.24) is 5.32 Å². The van der Waals surface area contributed by atoms with Crippen LogP contribution in [0, 0.1) is 6.92 Å². The molecular weight excluding hydrogens is 216 g/mol. The Morgan fingerprint density at radius 2 is 2.29 bits per heavy atom. The highest BCUT2D eigenvalue weighted by atomic mass is 16.5. The van der Waals surface area contributed by atoms with Crippen molar-refractivity contribution in [3.8, 4) is 5.75 Å². The number of nitrogens with one attached hydrogen (secondary N) is 1. The maximum absolute atomic E-state index is 11.7. The number of carbonyl (C=O) groups excluding carboxylic acids is 1. The first-order valence-corrected chi connectivity index (χ1v) is 5.88. The van der Waals surface area contributed by atoms with Gasteiger partial charge in [0.15, 0.2) is 6.10 Å². The van der Waals surface area contributed by atoms with Crippen LogP contribution >= 0.6 is 0 Å². The monoisotopic (exact) mass is 236 g/mol. The van der Waals surface area contributed by atoms with Crippen molar-refractivity contribution in [2.45, 2.75) is 26.4 Å². The molecule has 1 aromatic rings. The zero-order valence-corrected chi connectivity index (χ0v) is 10.4. The molecule has 0 saturated carbocycles. The van der Waals surface area contributed by atoms with Gasteiger partial charge in [-0.3, -0.25) is 4.79 Å². The van der Waals surface area contributed by atoms with E-state index in [1.807, 2.05) is 38.1 Å². The highest BCUT2D eigenvalue weighted by Gasteiger charge is 2.17. The minimum Gasteiger partial charge on any atom is -0.481 e. The molecule has 4 heteroatoms. The molecule has 0 radical (unpaired) electrons. The lowest BCUT2D eigenvalue weighted by Crippen LogP contribution is -2.40. The third-order valence-electron chi connectivity index (χ3n) is 2.37. The Kier molecular flexibility index (Phi) is 5.49. The second-order valence-corrected chi connectivity index (χ2v) is 3.91. The Hall–Kier alpha value is -1.55. The van der Waals surface area contributed by atoms with E-state index in [0.29, 0.717) is 19.5 Å². The molecule has 4 nitrogen and oxygen atoms in total. The lowest BCUT2D eigenvalue weighted by atomic mass is 10.2. The quantitative estimate of drug-likeness (QED) is 0.780. The van der Waals surface area contributed by atoms with E-state index in [4.69, 9.17) is 10.5 Å². The summed E-state index contributed by atoms with van der Waals surface area (Å²) in [7, 11) is 0. The molecule has 0 aromatic heterocycles. The van der Waals surface area contributed by atoms with Gasteiger partial charge in [0.25, 0.3) is 5.91 Å². The van der Waals surface area contributed by atoms with Gasteiger partial charge in [-0.15, -0.1) is 0 Å². The number of aryl methyl sites for hydroxylation is 1. The van der Waals surface area contributed by atoms with Crippen LogP contribution < -0.4 is 15.8 Å². The van der Waals surface area contributed by atoms with Gasteiger partial charge < -0.3 is 15.8 Å². The topological polar surface area (TPSA) is 64.3 Å². The highest BCUT2D eigenvalue weighted by Crippen LogP contribution is 2.15. The predicted molar refractivity (Wildman–Crippen MR) is 68.0 cm³/mol. The lowest BCUT2D eigenvalue weighted by Gasteiger charge is -2.17. The number of ether oxygens (including phenoxy) is 1. The molecule has 3 N–H and O–H groups in total. The van der Waals surface area contributed by atoms with Crippen molar-refractivity contribution in [3.63, 3.8) is 0 Å². The highest BCUT2D eigenvalue weighted by molar-refractivity contribution is 5.81.